The first kappa shape index (κ1) is 17.5. The normalized spacial score (nSPS) is 16.3. The molecule has 4 rings (SSSR count). The highest BCUT2D eigenvalue weighted by atomic mass is 16.5. The molecule has 0 saturated carbocycles. The summed E-state index contributed by atoms with van der Waals surface area (Å²) in [5.74, 6) is -0.142. The van der Waals surface area contributed by atoms with E-state index in [1.807, 2.05) is 0 Å². The van der Waals surface area contributed by atoms with E-state index >= 15 is 0 Å². The first-order valence-corrected chi connectivity index (χ1v) is 9.21. The van der Waals surface area contributed by atoms with Gasteiger partial charge in [-0.3, -0.25) is 19.8 Å². The number of hydrogen-bond donors (Lipinski definition) is 3. The molecular formula is C21H23N3O3. The van der Waals surface area contributed by atoms with Crippen LogP contribution in [-0.4, -0.2) is 35.9 Å². The van der Waals surface area contributed by atoms with Gasteiger partial charge in [0.15, 0.2) is 0 Å². The summed E-state index contributed by atoms with van der Waals surface area (Å²) in [5, 5.41) is 8.97. The number of ether oxygens (including phenoxy) is 1. The minimum Gasteiger partial charge on any atom is -0.381 e. The summed E-state index contributed by atoms with van der Waals surface area (Å²) in [6.45, 7) is 4.02. The molecule has 0 aliphatic carbocycles. The predicted molar refractivity (Wildman–Crippen MR) is 104 cm³/mol. The molecular weight excluding hydrogens is 342 g/mol. The number of carbonyl (C=O) groups excluding carboxylic acids is 1. The average molecular weight is 365 g/mol. The summed E-state index contributed by atoms with van der Waals surface area (Å²) in [6.07, 6.45) is 1.75. The van der Waals surface area contributed by atoms with Crippen LogP contribution in [0.15, 0.2) is 47.3 Å². The monoisotopic (exact) mass is 365 g/mol. The number of hydrogen-bond acceptors (Lipinski definition) is 3. The van der Waals surface area contributed by atoms with Crippen molar-refractivity contribution in [3.63, 3.8) is 0 Å². The van der Waals surface area contributed by atoms with E-state index < -0.39 is 0 Å². The topological polar surface area (TPSA) is 87.0 Å². The zero-order chi connectivity index (χ0) is 18.9. The summed E-state index contributed by atoms with van der Waals surface area (Å²) >= 11 is 0. The number of carbonyl (C=O) groups is 1. The second-order valence-electron chi connectivity index (χ2n) is 7.28. The Morgan fingerprint density at radius 2 is 1.85 bits per heavy atom. The Bertz CT molecular complexity index is 1010. The highest BCUT2D eigenvalue weighted by molar-refractivity contribution is 5.97. The molecule has 3 N–H and O–H groups in total. The van der Waals surface area contributed by atoms with Gasteiger partial charge in [0.05, 0.1) is 10.9 Å². The van der Waals surface area contributed by atoms with E-state index in [2.05, 4.69) is 46.7 Å². The van der Waals surface area contributed by atoms with Gasteiger partial charge in [0.1, 0.15) is 0 Å². The molecule has 1 aliphatic heterocycles. The molecule has 2 heterocycles. The van der Waals surface area contributed by atoms with Crippen LogP contribution in [0.5, 0.6) is 0 Å². The highest BCUT2D eigenvalue weighted by Gasteiger charge is 2.34. The molecule has 6 nitrogen and oxygen atoms in total. The molecule has 6 heteroatoms. The van der Waals surface area contributed by atoms with E-state index in [9.17, 15) is 9.59 Å². The summed E-state index contributed by atoms with van der Waals surface area (Å²) in [6, 6.07) is 13.6. The van der Waals surface area contributed by atoms with Gasteiger partial charge >= 0.3 is 0 Å². The second kappa shape index (κ2) is 7.04. The van der Waals surface area contributed by atoms with Gasteiger partial charge in [-0.2, -0.15) is 0 Å². The average Bonchev–Trinajstić information content (AvgIpc) is 3.07. The van der Waals surface area contributed by atoms with E-state index in [1.54, 1.807) is 18.2 Å². The second-order valence-corrected chi connectivity index (χ2v) is 7.28. The van der Waals surface area contributed by atoms with Gasteiger partial charge < -0.3 is 10.1 Å². The molecule has 0 radical (unpaired) electrons. The highest BCUT2D eigenvalue weighted by Crippen LogP contribution is 2.34. The first-order valence-electron chi connectivity index (χ1n) is 9.21. The van der Waals surface area contributed by atoms with E-state index in [1.165, 1.54) is 11.1 Å². The van der Waals surface area contributed by atoms with Gasteiger partial charge in [-0.05, 0) is 43.5 Å². The van der Waals surface area contributed by atoms with Crippen molar-refractivity contribution in [1.29, 1.82) is 0 Å². The third-order valence-electron chi connectivity index (χ3n) is 5.54. The Hall–Kier alpha value is -2.86. The molecule has 140 valence electrons. The zero-order valence-electron chi connectivity index (χ0n) is 15.3. The lowest BCUT2D eigenvalue weighted by molar-refractivity contribution is 0.0487. The van der Waals surface area contributed by atoms with Crippen molar-refractivity contribution in [3.8, 4) is 0 Å². The van der Waals surface area contributed by atoms with Crippen molar-refractivity contribution in [3.05, 3.63) is 69.5 Å². The number of fused-ring (bicyclic) bond motifs is 1. The molecule has 3 aromatic rings. The molecule has 1 aromatic heterocycles. The fraction of sp³-hybridized carbons (Fsp3) is 0.333. The van der Waals surface area contributed by atoms with E-state index in [4.69, 9.17) is 4.74 Å². The van der Waals surface area contributed by atoms with Crippen LogP contribution in [0.4, 0.5) is 0 Å². The van der Waals surface area contributed by atoms with Crippen molar-refractivity contribution in [2.75, 3.05) is 19.8 Å². The Morgan fingerprint density at radius 1 is 1.11 bits per heavy atom. The van der Waals surface area contributed by atoms with Gasteiger partial charge in [-0.1, -0.05) is 29.8 Å². The lowest BCUT2D eigenvalue weighted by Gasteiger charge is -2.38. The third-order valence-corrected chi connectivity index (χ3v) is 5.54. The van der Waals surface area contributed by atoms with Gasteiger partial charge in [-0.25, -0.2) is 0 Å². The smallest absolute Gasteiger partial charge is 0.271 e. The maximum absolute atomic E-state index is 12.7. The molecule has 1 amide bonds. The maximum Gasteiger partial charge on any atom is 0.271 e. The van der Waals surface area contributed by atoms with Crippen molar-refractivity contribution in [1.82, 2.24) is 15.5 Å². The predicted octanol–water partition coefficient (Wildman–Crippen LogP) is 2.64. The van der Waals surface area contributed by atoms with Crippen LogP contribution in [0.25, 0.3) is 10.9 Å². The molecule has 1 fully saturated rings. The largest absolute Gasteiger partial charge is 0.381 e. The number of amides is 1. The van der Waals surface area contributed by atoms with Crippen molar-refractivity contribution in [2.24, 2.45) is 0 Å². The quantitative estimate of drug-likeness (QED) is 0.664. The lowest BCUT2D eigenvalue weighted by Crippen LogP contribution is -2.44. The number of nitrogens with one attached hydrogen (secondary N) is 3. The van der Waals surface area contributed by atoms with Crippen LogP contribution >= 0.6 is 0 Å². The summed E-state index contributed by atoms with van der Waals surface area (Å²) in [7, 11) is 0. The molecule has 2 aromatic carbocycles. The standard InChI is InChI=1S/C21H23N3O3/c1-14-2-5-16(6-3-14)21(8-10-27-11-9-21)13-22-19(25)15-4-7-17-18(12-15)23-24-20(17)26/h2-7,12H,8-11,13H2,1H3,(H,22,25)(H2,23,24,26). The Labute approximate surface area is 156 Å². The van der Waals surface area contributed by atoms with E-state index in [0.29, 0.717) is 36.2 Å². The SMILES string of the molecule is Cc1ccc(C2(CNC(=O)c3ccc4c(=O)[nH][nH]c4c3)CCOCC2)cc1. The van der Waals surface area contributed by atoms with Gasteiger partial charge in [0, 0.05) is 30.7 Å². The third kappa shape index (κ3) is 3.40. The van der Waals surface area contributed by atoms with Crippen molar-refractivity contribution in [2.45, 2.75) is 25.2 Å². The van der Waals surface area contributed by atoms with Gasteiger partial charge in [-0.15, -0.1) is 0 Å². The summed E-state index contributed by atoms with van der Waals surface area (Å²) in [4.78, 5) is 24.3. The van der Waals surface area contributed by atoms with Crippen molar-refractivity contribution < 1.29 is 9.53 Å². The minimum absolute atomic E-state index is 0.117. The summed E-state index contributed by atoms with van der Waals surface area (Å²) < 4.78 is 5.56. The molecule has 0 unspecified atom stereocenters. The van der Waals surface area contributed by atoms with Crippen LogP contribution in [0.1, 0.15) is 34.3 Å². The Balaban J connectivity index is 1.55. The number of rotatable bonds is 4. The van der Waals surface area contributed by atoms with Crippen LogP contribution in [0.2, 0.25) is 0 Å². The number of aryl methyl sites for hydroxylation is 1. The maximum atomic E-state index is 12.7. The van der Waals surface area contributed by atoms with Crippen LogP contribution in [-0.2, 0) is 10.2 Å². The number of benzene rings is 2. The van der Waals surface area contributed by atoms with Crippen LogP contribution < -0.4 is 10.9 Å². The fourth-order valence-corrected chi connectivity index (χ4v) is 3.77. The van der Waals surface area contributed by atoms with Gasteiger partial charge in [0.25, 0.3) is 11.5 Å². The van der Waals surface area contributed by atoms with Crippen LogP contribution in [0, 0.1) is 6.92 Å². The van der Waals surface area contributed by atoms with E-state index in [-0.39, 0.29) is 16.9 Å². The first-order chi connectivity index (χ1) is 13.1. The lowest BCUT2D eigenvalue weighted by atomic mass is 9.74. The van der Waals surface area contributed by atoms with Crippen molar-refractivity contribution >= 4 is 16.8 Å². The Kier molecular flexibility index (Phi) is 4.58. The zero-order valence-corrected chi connectivity index (χ0v) is 15.3. The van der Waals surface area contributed by atoms with Gasteiger partial charge in [0.2, 0.25) is 0 Å². The number of H-pyrrole nitrogens is 2. The number of aromatic nitrogens is 2. The van der Waals surface area contributed by atoms with Crippen LogP contribution in [0.3, 0.4) is 0 Å². The Morgan fingerprint density at radius 3 is 2.59 bits per heavy atom. The van der Waals surface area contributed by atoms with E-state index in [0.717, 1.165) is 12.8 Å². The minimum atomic E-state index is -0.183. The molecule has 1 aliphatic rings. The molecule has 0 bridgehead atoms. The molecule has 0 atom stereocenters. The molecule has 27 heavy (non-hydrogen) atoms. The summed E-state index contributed by atoms with van der Waals surface area (Å²) in [5.41, 5.74) is 3.32. The molecule has 0 spiro atoms. The number of aromatic amines is 2. The fourth-order valence-electron chi connectivity index (χ4n) is 3.77. The molecule has 1 saturated heterocycles.